The Labute approximate surface area is 211 Å². The van der Waals surface area contributed by atoms with Gasteiger partial charge in [0, 0.05) is 16.1 Å². The summed E-state index contributed by atoms with van der Waals surface area (Å²) in [6.45, 7) is 0.137. The topological polar surface area (TPSA) is 69.1 Å². The number of quaternary nitrogens is 1. The molecule has 1 unspecified atom stereocenters. The first kappa shape index (κ1) is 21.3. The van der Waals surface area contributed by atoms with E-state index < -0.39 is 11.5 Å². The summed E-state index contributed by atoms with van der Waals surface area (Å²) in [5.41, 5.74) is 2.09. The molecule has 35 heavy (non-hydrogen) atoms. The number of fused-ring (bicyclic) bond motifs is 5. The lowest BCUT2D eigenvalue weighted by Crippen LogP contribution is -3.19. The number of amides is 1. The van der Waals surface area contributed by atoms with Crippen molar-refractivity contribution in [2.45, 2.75) is 17.5 Å². The van der Waals surface area contributed by atoms with Gasteiger partial charge in [0.25, 0.3) is 5.91 Å². The second kappa shape index (κ2) is 7.75. The van der Waals surface area contributed by atoms with Gasteiger partial charge < -0.3 is 19.7 Å². The van der Waals surface area contributed by atoms with Gasteiger partial charge >= 0.3 is 0 Å². The molecule has 8 heteroatoms. The molecule has 2 fully saturated rings. The van der Waals surface area contributed by atoms with Crippen molar-refractivity contribution in [1.29, 1.82) is 0 Å². The van der Waals surface area contributed by atoms with Gasteiger partial charge in [-0.05, 0) is 42.0 Å². The first-order valence-electron chi connectivity index (χ1n) is 11.6. The number of halogens is 1. The number of anilines is 1. The second-order valence-corrected chi connectivity index (χ2v) is 10.9. The van der Waals surface area contributed by atoms with E-state index in [-0.39, 0.29) is 30.4 Å². The predicted octanol–water partition coefficient (Wildman–Crippen LogP) is 3.47. The van der Waals surface area contributed by atoms with Gasteiger partial charge in [0.2, 0.25) is 12.3 Å². The first-order valence-corrected chi connectivity index (χ1v) is 13.2. The number of carbonyl (C=O) groups excluding carboxylic acids is 2. The van der Waals surface area contributed by atoms with E-state index in [1.165, 1.54) is 0 Å². The number of Topliss-reactive ketones (excluding diaryl/α,β-unsaturated/α-hetero) is 1. The molecule has 6 nitrogen and oxygen atoms in total. The Bertz CT molecular complexity index is 1380. The van der Waals surface area contributed by atoms with E-state index in [0.29, 0.717) is 22.1 Å². The van der Waals surface area contributed by atoms with Crippen molar-refractivity contribution in [2.75, 3.05) is 23.7 Å². The van der Waals surface area contributed by atoms with Crippen LogP contribution < -0.4 is 19.7 Å². The molecule has 176 valence electrons. The molecule has 4 aliphatic rings. The average Bonchev–Trinajstić information content (AvgIpc) is 3.63. The van der Waals surface area contributed by atoms with E-state index in [0.717, 1.165) is 33.3 Å². The molecule has 5 atom stereocenters. The number of ether oxygens (including phenoxy) is 2. The Balaban J connectivity index is 1.47. The molecule has 0 saturated carbocycles. The number of rotatable bonds is 3. The van der Waals surface area contributed by atoms with E-state index >= 15 is 0 Å². The summed E-state index contributed by atoms with van der Waals surface area (Å²) >= 11 is 8.30. The molecule has 2 N–H and O–H groups in total. The highest BCUT2D eigenvalue weighted by Crippen LogP contribution is 2.53. The quantitative estimate of drug-likeness (QED) is 0.533. The fourth-order valence-corrected chi connectivity index (χ4v) is 8.16. The van der Waals surface area contributed by atoms with Crippen LogP contribution in [0.25, 0.3) is 0 Å². The van der Waals surface area contributed by atoms with Crippen molar-refractivity contribution in [1.82, 2.24) is 0 Å². The van der Waals surface area contributed by atoms with E-state index in [1.807, 2.05) is 42.1 Å². The highest BCUT2D eigenvalue weighted by molar-refractivity contribution is 7.99. The normalized spacial score (nSPS) is 29.8. The lowest BCUT2D eigenvalue weighted by atomic mass is 9.69. The van der Waals surface area contributed by atoms with Crippen molar-refractivity contribution in [3.05, 3.63) is 88.4 Å². The highest BCUT2D eigenvalue weighted by atomic mass is 35.5. The summed E-state index contributed by atoms with van der Waals surface area (Å²) in [6.07, 6.45) is 0. The van der Waals surface area contributed by atoms with Crippen molar-refractivity contribution < 1.29 is 24.0 Å². The lowest BCUT2D eigenvalue weighted by molar-refractivity contribution is -0.941. The summed E-state index contributed by atoms with van der Waals surface area (Å²) in [7, 11) is 0. The maximum atomic E-state index is 14.5. The third-order valence-electron chi connectivity index (χ3n) is 7.91. The highest BCUT2D eigenvalue weighted by Gasteiger charge is 2.73. The number of ketones is 1. The largest absolute Gasteiger partial charge is 0.454 e. The molecule has 0 aromatic heterocycles. The van der Waals surface area contributed by atoms with Gasteiger partial charge in [-0.2, -0.15) is 0 Å². The minimum atomic E-state index is -1.07. The molecule has 1 spiro atoms. The maximum absolute atomic E-state index is 14.5. The molecule has 3 aromatic carbocycles. The van der Waals surface area contributed by atoms with Crippen LogP contribution in [-0.2, 0) is 10.3 Å². The van der Waals surface area contributed by atoms with Gasteiger partial charge in [0.05, 0.1) is 17.4 Å². The Hall–Kier alpha value is -3.00. The second-order valence-electron chi connectivity index (χ2n) is 9.45. The molecule has 0 aliphatic carbocycles. The maximum Gasteiger partial charge on any atom is 0.291 e. The first-order chi connectivity index (χ1) is 17.1. The van der Waals surface area contributed by atoms with Crippen LogP contribution in [0.2, 0.25) is 5.02 Å². The predicted molar refractivity (Wildman–Crippen MR) is 133 cm³/mol. The van der Waals surface area contributed by atoms with Crippen molar-refractivity contribution in [3.8, 4) is 11.5 Å². The molecule has 0 bridgehead atoms. The zero-order valence-corrected chi connectivity index (χ0v) is 20.2. The van der Waals surface area contributed by atoms with Gasteiger partial charge in [-0.3, -0.25) is 9.59 Å². The van der Waals surface area contributed by atoms with Crippen LogP contribution in [-0.4, -0.2) is 36.2 Å². The van der Waals surface area contributed by atoms with Crippen LogP contribution in [0.1, 0.15) is 27.4 Å². The molecule has 4 heterocycles. The number of hydrogen-bond acceptors (Lipinski definition) is 5. The Morgan fingerprint density at radius 2 is 1.89 bits per heavy atom. The van der Waals surface area contributed by atoms with Crippen molar-refractivity contribution in [2.24, 2.45) is 5.92 Å². The van der Waals surface area contributed by atoms with E-state index in [1.54, 1.807) is 24.3 Å². The smallest absolute Gasteiger partial charge is 0.291 e. The summed E-state index contributed by atoms with van der Waals surface area (Å²) in [5.74, 6) is 1.88. The fourth-order valence-electron chi connectivity index (χ4n) is 6.54. The number of hydrogen-bond donors (Lipinski definition) is 2. The van der Waals surface area contributed by atoms with Gasteiger partial charge in [-0.1, -0.05) is 53.7 Å². The van der Waals surface area contributed by atoms with Crippen LogP contribution in [0.5, 0.6) is 11.5 Å². The summed E-state index contributed by atoms with van der Waals surface area (Å²) < 4.78 is 11.0. The lowest BCUT2D eigenvalue weighted by Gasteiger charge is -2.33. The average molecular weight is 506 g/mol. The van der Waals surface area contributed by atoms with Crippen LogP contribution in [0.4, 0.5) is 5.69 Å². The summed E-state index contributed by atoms with van der Waals surface area (Å²) in [5, 5.41) is 3.65. The number of carbonyl (C=O) groups is 2. The van der Waals surface area contributed by atoms with Crippen LogP contribution >= 0.6 is 23.4 Å². The minimum absolute atomic E-state index is 0.0629. The Morgan fingerprint density at radius 1 is 1.06 bits per heavy atom. The summed E-state index contributed by atoms with van der Waals surface area (Å²) in [6, 6.07) is 21.1. The number of nitrogens with one attached hydrogen (secondary N) is 2. The fraction of sp³-hybridized carbons (Fsp3) is 0.259. The third-order valence-corrected chi connectivity index (χ3v) is 9.25. The van der Waals surface area contributed by atoms with Gasteiger partial charge in [0.15, 0.2) is 17.3 Å². The number of thioether (sulfide) groups is 1. The van der Waals surface area contributed by atoms with Gasteiger partial charge in [-0.25, -0.2) is 0 Å². The SMILES string of the molecule is O=C(c1ccc2c(c1)OCO2)[C@@H]1[C@@H](c2ccccc2)[C@@H]2CSC[NH+]2[C@@]12C(=O)Nc1ccc(Cl)cc12. The van der Waals surface area contributed by atoms with Crippen LogP contribution in [0.3, 0.4) is 0 Å². The monoisotopic (exact) mass is 505 g/mol. The minimum Gasteiger partial charge on any atom is -0.454 e. The molecule has 2 saturated heterocycles. The third kappa shape index (κ3) is 2.89. The van der Waals surface area contributed by atoms with Crippen molar-refractivity contribution in [3.63, 3.8) is 0 Å². The molecule has 4 aliphatic heterocycles. The van der Waals surface area contributed by atoms with Crippen LogP contribution in [0, 0.1) is 5.92 Å². The summed E-state index contributed by atoms with van der Waals surface area (Å²) in [4.78, 5) is 29.7. The van der Waals surface area contributed by atoms with Gasteiger partial charge in [-0.15, -0.1) is 0 Å². The standard InChI is InChI=1S/C27H21ClN2O4S/c28-17-7-8-19-18(11-17)27(26(32)29-19)24(25(31)16-6-9-21-22(10-16)34-14-33-21)23(15-4-2-1-3-5-15)20-12-35-13-30(20)27/h1-11,20,23-24H,12-14H2,(H,29,32)/p+1/t20-,23-,24-,27+/m0/s1. The Kier molecular flexibility index (Phi) is 4.72. The Morgan fingerprint density at radius 3 is 2.74 bits per heavy atom. The molecule has 1 amide bonds. The van der Waals surface area contributed by atoms with E-state index in [2.05, 4.69) is 17.4 Å². The molecular weight excluding hydrogens is 484 g/mol. The van der Waals surface area contributed by atoms with Crippen LogP contribution in [0.15, 0.2) is 66.7 Å². The molecular formula is C27H22ClN2O4S+. The van der Waals surface area contributed by atoms with Gasteiger partial charge in [0.1, 0.15) is 17.8 Å². The molecule has 3 aromatic rings. The molecule has 0 radical (unpaired) electrons. The zero-order chi connectivity index (χ0) is 23.7. The number of benzene rings is 3. The zero-order valence-electron chi connectivity index (χ0n) is 18.6. The van der Waals surface area contributed by atoms with Crippen molar-refractivity contribution >= 4 is 40.7 Å². The van der Waals surface area contributed by atoms with E-state index in [9.17, 15) is 9.59 Å². The molecule has 7 rings (SSSR count). The van der Waals surface area contributed by atoms with E-state index in [4.69, 9.17) is 21.1 Å².